The SMILES string of the molecule is CC(C)Cc1ccccc1C(C)C(=O)NCCOCCO. The highest BCUT2D eigenvalue weighted by atomic mass is 16.5. The van der Waals surface area contributed by atoms with Crippen molar-refractivity contribution in [1.82, 2.24) is 5.32 Å². The summed E-state index contributed by atoms with van der Waals surface area (Å²) in [5.41, 5.74) is 2.34. The van der Waals surface area contributed by atoms with Crippen LogP contribution in [0.4, 0.5) is 0 Å². The normalized spacial score (nSPS) is 12.4. The topological polar surface area (TPSA) is 58.6 Å². The average molecular weight is 293 g/mol. The standard InChI is InChI=1S/C17H27NO3/c1-13(2)12-15-6-4-5-7-16(15)14(3)17(20)18-8-10-21-11-9-19/h4-7,13-14,19H,8-12H2,1-3H3,(H,18,20). The number of aliphatic hydroxyl groups excluding tert-OH is 1. The van der Waals surface area contributed by atoms with Crippen molar-refractivity contribution < 1.29 is 14.6 Å². The van der Waals surface area contributed by atoms with Crippen molar-refractivity contribution in [3.8, 4) is 0 Å². The highest BCUT2D eigenvalue weighted by molar-refractivity contribution is 5.83. The molecule has 1 amide bonds. The summed E-state index contributed by atoms with van der Waals surface area (Å²) >= 11 is 0. The van der Waals surface area contributed by atoms with Crippen molar-refractivity contribution in [2.45, 2.75) is 33.1 Å². The Kier molecular flexibility index (Phi) is 8.01. The van der Waals surface area contributed by atoms with Gasteiger partial charge in [-0.05, 0) is 30.4 Å². The summed E-state index contributed by atoms with van der Waals surface area (Å²) in [5, 5.41) is 11.5. The lowest BCUT2D eigenvalue weighted by atomic mass is 9.90. The molecule has 0 aliphatic rings. The second-order valence-electron chi connectivity index (χ2n) is 5.65. The van der Waals surface area contributed by atoms with Crippen LogP contribution in [0.15, 0.2) is 24.3 Å². The summed E-state index contributed by atoms with van der Waals surface area (Å²) in [6.07, 6.45) is 0.980. The molecule has 0 aliphatic carbocycles. The Hall–Kier alpha value is -1.39. The number of rotatable bonds is 9. The maximum atomic E-state index is 12.2. The molecule has 1 aromatic rings. The summed E-state index contributed by atoms with van der Waals surface area (Å²) in [7, 11) is 0. The summed E-state index contributed by atoms with van der Waals surface area (Å²) in [6, 6.07) is 8.13. The largest absolute Gasteiger partial charge is 0.394 e. The zero-order valence-electron chi connectivity index (χ0n) is 13.3. The Balaban J connectivity index is 2.57. The first-order chi connectivity index (χ1) is 10.1. The van der Waals surface area contributed by atoms with Gasteiger partial charge in [-0.25, -0.2) is 0 Å². The van der Waals surface area contributed by atoms with Gasteiger partial charge in [0.05, 0.1) is 25.7 Å². The predicted octanol–water partition coefficient (Wildman–Crippen LogP) is 2.11. The van der Waals surface area contributed by atoms with Crippen molar-refractivity contribution in [3.05, 3.63) is 35.4 Å². The Morgan fingerprint density at radius 3 is 2.62 bits per heavy atom. The van der Waals surface area contributed by atoms with Crippen LogP contribution in [-0.4, -0.2) is 37.4 Å². The number of benzene rings is 1. The Morgan fingerprint density at radius 1 is 1.24 bits per heavy atom. The van der Waals surface area contributed by atoms with Crippen LogP contribution in [-0.2, 0) is 16.0 Å². The molecule has 0 aromatic heterocycles. The maximum absolute atomic E-state index is 12.2. The number of carbonyl (C=O) groups is 1. The number of aliphatic hydroxyl groups is 1. The molecule has 0 radical (unpaired) electrons. The van der Waals surface area contributed by atoms with Crippen LogP contribution in [0.5, 0.6) is 0 Å². The minimum absolute atomic E-state index is 0.00687. The highest BCUT2D eigenvalue weighted by Crippen LogP contribution is 2.22. The third-order valence-corrected chi connectivity index (χ3v) is 3.32. The molecule has 0 saturated heterocycles. The van der Waals surface area contributed by atoms with E-state index < -0.39 is 0 Å². The van der Waals surface area contributed by atoms with Crippen molar-refractivity contribution in [1.29, 1.82) is 0 Å². The quantitative estimate of drug-likeness (QED) is 0.686. The molecule has 2 N–H and O–H groups in total. The number of amides is 1. The molecule has 0 saturated carbocycles. The lowest BCUT2D eigenvalue weighted by molar-refractivity contribution is -0.122. The minimum Gasteiger partial charge on any atom is -0.394 e. The van der Waals surface area contributed by atoms with Gasteiger partial charge in [-0.3, -0.25) is 4.79 Å². The molecule has 0 bridgehead atoms. The second-order valence-corrected chi connectivity index (χ2v) is 5.65. The van der Waals surface area contributed by atoms with Crippen LogP contribution < -0.4 is 5.32 Å². The number of hydrogen-bond acceptors (Lipinski definition) is 3. The first-order valence-electron chi connectivity index (χ1n) is 7.60. The monoisotopic (exact) mass is 293 g/mol. The van der Waals surface area contributed by atoms with Crippen LogP contribution in [0, 0.1) is 5.92 Å². The molecule has 4 heteroatoms. The van der Waals surface area contributed by atoms with Gasteiger partial charge in [0.25, 0.3) is 0 Å². The lowest BCUT2D eigenvalue weighted by Crippen LogP contribution is -2.31. The van der Waals surface area contributed by atoms with Crippen LogP contribution in [0.2, 0.25) is 0 Å². The van der Waals surface area contributed by atoms with Gasteiger partial charge in [0, 0.05) is 6.54 Å². The molecule has 21 heavy (non-hydrogen) atoms. The summed E-state index contributed by atoms with van der Waals surface area (Å²) in [6.45, 7) is 7.50. The maximum Gasteiger partial charge on any atom is 0.227 e. The average Bonchev–Trinajstić information content (AvgIpc) is 2.46. The third kappa shape index (κ3) is 6.27. The fraction of sp³-hybridized carbons (Fsp3) is 0.588. The molecule has 1 atom stereocenters. The fourth-order valence-corrected chi connectivity index (χ4v) is 2.29. The van der Waals surface area contributed by atoms with Gasteiger partial charge in [0.15, 0.2) is 0 Å². The van der Waals surface area contributed by atoms with Crippen molar-refractivity contribution >= 4 is 5.91 Å². The van der Waals surface area contributed by atoms with Gasteiger partial charge < -0.3 is 15.2 Å². The van der Waals surface area contributed by atoms with E-state index in [1.807, 2.05) is 25.1 Å². The fourth-order valence-electron chi connectivity index (χ4n) is 2.29. The second kappa shape index (κ2) is 9.53. The van der Waals surface area contributed by atoms with Gasteiger partial charge in [0.1, 0.15) is 0 Å². The van der Waals surface area contributed by atoms with E-state index in [1.165, 1.54) is 5.56 Å². The first-order valence-corrected chi connectivity index (χ1v) is 7.60. The summed E-state index contributed by atoms with van der Waals surface area (Å²) in [5.74, 6) is 0.407. The number of nitrogens with one attached hydrogen (secondary N) is 1. The molecule has 1 rings (SSSR count). The molecule has 118 valence electrons. The molecule has 0 heterocycles. The summed E-state index contributed by atoms with van der Waals surface area (Å²) < 4.78 is 5.13. The molecular weight excluding hydrogens is 266 g/mol. The van der Waals surface area contributed by atoms with Crippen LogP contribution in [0.1, 0.15) is 37.8 Å². The van der Waals surface area contributed by atoms with Gasteiger partial charge in [-0.15, -0.1) is 0 Å². The summed E-state index contributed by atoms with van der Waals surface area (Å²) in [4.78, 5) is 12.2. The highest BCUT2D eigenvalue weighted by Gasteiger charge is 2.18. The minimum atomic E-state index is -0.169. The van der Waals surface area contributed by atoms with Gasteiger partial charge in [0.2, 0.25) is 5.91 Å². The van der Waals surface area contributed by atoms with E-state index in [1.54, 1.807) is 0 Å². The van der Waals surface area contributed by atoms with E-state index in [4.69, 9.17) is 9.84 Å². The smallest absolute Gasteiger partial charge is 0.227 e. The van der Waals surface area contributed by atoms with Crippen molar-refractivity contribution in [2.75, 3.05) is 26.4 Å². The Labute approximate surface area is 127 Å². The van der Waals surface area contributed by atoms with Crippen LogP contribution in [0.25, 0.3) is 0 Å². The molecule has 0 spiro atoms. The van der Waals surface area contributed by atoms with E-state index >= 15 is 0 Å². The zero-order valence-corrected chi connectivity index (χ0v) is 13.3. The molecule has 1 aromatic carbocycles. The van der Waals surface area contributed by atoms with Gasteiger partial charge in [-0.2, -0.15) is 0 Å². The Morgan fingerprint density at radius 2 is 1.95 bits per heavy atom. The van der Waals surface area contributed by atoms with Gasteiger partial charge >= 0.3 is 0 Å². The van der Waals surface area contributed by atoms with E-state index in [0.29, 0.717) is 25.7 Å². The predicted molar refractivity (Wildman–Crippen MR) is 84.3 cm³/mol. The molecule has 0 aliphatic heterocycles. The van der Waals surface area contributed by atoms with E-state index in [0.717, 1.165) is 12.0 Å². The van der Waals surface area contributed by atoms with E-state index in [-0.39, 0.29) is 18.4 Å². The van der Waals surface area contributed by atoms with Crippen molar-refractivity contribution in [3.63, 3.8) is 0 Å². The Bertz CT molecular complexity index is 432. The zero-order chi connectivity index (χ0) is 15.7. The molecule has 0 fully saturated rings. The van der Waals surface area contributed by atoms with E-state index in [2.05, 4.69) is 25.2 Å². The number of ether oxygens (including phenoxy) is 1. The number of carbonyl (C=O) groups excluding carboxylic acids is 1. The molecule has 4 nitrogen and oxygen atoms in total. The van der Waals surface area contributed by atoms with Crippen LogP contribution in [0.3, 0.4) is 0 Å². The molecule has 1 unspecified atom stereocenters. The third-order valence-electron chi connectivity index (χ3n) is 3.32. The van der Waals surface area contributed by atoms with Crippen molar-refractivity contribution in [2.24, 2.45) is 5.92 Å². The lowest BCUT2D eigenvalue weighted by Gasteiger charge is -2.17. The van der Waals surface area contributed by atoms with Crippen LogP contribution >= 0.6 is 0 Å². The number of hydrogen-bond donors (Lipinski definition) is 2. The first kappa shape index (κ1) is 17.7. The molecular formula is C17H27NO3. The van der Waals surface area contributed by atoms with Gasteiger partial charge in [-0.1, -0.05) is 38.1 Å². The van der Waals surface area contributed by atoms with E-state index in [9.17, 15) is 4.79 Å².